The van der Waals surface area contributed by atoms with Crippen molar-refractivity contribution in [1.29, 1.82) is 0 Å². The number of hydrogen-bond donors (Lipinski definition) is 0. The minimum absolute atomic E-state index is 0.0765. The number of nitrogens with zero attached hydrogens (tertiary/aromatic N) is 1. The highest BCUT2D eigenvalue weighted by molar-refractivity contribution is 7.89. The van der Waals surface area contributed by atoms with E-state index in [0.29, 0.717) is 17.4 Å². The molecule has 0 heterocycles. The van der Waals surface area contributed by atoms with Crippen LogP contribution in [0.2, 0.25) is 0 Å². The van der Waals surface area contributed by atoms with Crippen molar-refractivity contribution in [2.45, 2.75) is 51.5 Å². The summed E-state index contributed by atoms with van der Waals surface area (Å²) in [7, 11) is -3.39. The highest BCUT2D eigenvalue weighted by atomic mass is 32.2. The molecule has 0 aliphatic rings. The molecule has 108 valence electrons. The van der Waals surface area contributed by atoms with Crippen molar-refractivity contribution >= 4 is 10.0 Å². The van der Waals surface area contributed by atoms with E-state index in [1.165, 1.54) is 0 Å². The Labute approximate surface area is 117 Å². The molecule has 0 atom stereocenters. The van der Waals surface area contributed by atoms with Gasteiger partial charge in [0.15, 0.2) is 0 Å². The van der Waals surface area contributed by atoms with Gasteiger partial charge in [-0.15, -0.1) is 0 Å². The zero-order valence-electron chi connectivity index (χ0n) is 12.3. The van der Waals surface area contributed by atoms with E-state index in [1.807, 2.05) is 19.9 Å². The first kappa shape index (κ1) is 16.2. The predicted molar refractivity (Wildman–Crippen MR) is 79.5 cm³/mol. The maximum absolute atomic E-state index is 12.8. The highest BCUT2D eigenvalue weighted by Gasteiger charge is 2.29. The van der Waals surface area contributed by atoms with Gasteiger partial charge in [-0.1, -0.05) is 45.9 Å². The molecule has 4 heteroatoms. The maximum atomic E-state index is 12.8. The summed E-state index contributed by atoms with van der Waals surface area (Å²) in [4.78, 5) is 0.391. The van der Waals surface area contributed by atoms with Crippen LogP contribution in [0.1, 0.15) is 40.5 Å². The fraction of sp³-hybridized carbons (Fsp3) is 0.600. The van der Waals surface area contributed by atoms with Crippen LogP contribution < -0.4 is 0 Å². The van der Waals surface area contributed by atoms with Gasteiger partial charge in [-0.3, -0.25) is 0 Å². The van der Waals surface area contributed by atoms with Gasteiger partial charge in [0.25, 0.3) is 0 Å². The average Bonchev–Trinajstić information content (AvgIpc) is 2.39. The van der Waals surface area contributed by atoms with Crippen LogP contribution in [0.5, 0.6) is 0 Å². The Kier molecular flexibility index (Phi) is 6.01. The molecule has 0 saturated carbocycles. The zero-order valence-corrected chi connectivity index (χ0v) is 13.2. The van der Waals surface area contributed by atoms with Gasteiger partial charge < -0.3 is 0 Å². The third kappa shape index (κ3) is 4.05. The van der Waals surface area contributed by atoms with Gasteiger partial charge >= 0.3 is 0 Å². The minimum Gasteiger partial charge on any atom is -0.207 e. The monoisotopic (exact) mass is 283 g/mol. The van der Waals surface area contributed by atoms with Gasteiger partial charge in [-0.25, -0.2) is 8.42 Å². The molecule has 0 N–H and O–H groups in total. The van der Waals surface area contributed by atoms with Gasteiger partial charge in [0.2, 0.25) is 10.0 Å². The van der Waals surface area contributed by atoms with E-state index in [0.717, 1.165) is 12.8 Å². The van der Waals surface area contributed by atoms with Crippen molar-refractivity contribution in [2.75, 3.05) is 6.54 Å². The normalized spacial score (nSPS) is 12.6. The molecule has 0 spiro atoms. The molecule has 0 amide bonds. The quantitative estimate of drug-likeness (QED) is 0.768. The van der Waals surface area contributed by atoms with Crippen molar-refractivity contribution in [3.8, 4) is 0 Å². The fourth-order valence-electron chi connectivity index (χ4n) is 2.23. The van der Waals surface area contributed by atoms with E-state index in [4.69, 9.17) is 0 Å². The first-order valence-electron chi connectivity index (χ1n) is 7.00. The van der Waals surface area contributed by atoms with E-state index in [1.54, 1.807) is 28.6 Å². The first-order chi connectivity index (χ1) is 8.93. The Balaban J connectivity index is 3.16. The Morgan fingerprint density at radius 3 is 2.00 bits per heavy atom. The Morgan fingerprint density at radius 1 is 1.05 bits per heavy atom. The number of rotatable bonds is 7. The smallest absolute Gasteiger partial charge is 0.207 e. The van der Waals surface area contributed by atoms with Crippen molar-refractivity contribution in [3.63, 3.8) is 0 Å². The van der Waals surface area contributed by atoms with Gasteiger partial charge in [-0.05, 0) is 30.9 Å². The molecule has 3 nitrogen and oxygen atoms in total. The van der Waals surface area contributed by atoms with Gasteiger partial charge in [0, 0.05) is 12.6 Å². The second kappa shape index (κ2) is 7.06. The number of sulfonamides is 1. The van der Waals surface area contributed by atoms with Crippen LogP contribution in [-0.2, 0) is 10.0 Å². The Bertz CT molecular complexity index is 464. The molecular formula is C15H25NO2S. The zero-order chi connectivity index (χ0) is 14.5. The second-order valence-corrected chi connectivity index (χ2v) is 7.14. The van der Waals surface area contributed by atoms with E-state index in [9.17, 15) is 8.42 Å². The van der Waals surface area contributed by atoms with Crippen molar-refractivity contribution < 1.29 is 8.42 Å². The van der Waals surface area contributed by atoms with Gasteiger partial charge in [-0.2, -0.15) is 4.31 Å². The molecule has 0 bridgehead atoms. The van der Waals surface area contributed by atoms with Crippen LogP contribution in [0.3, 0.4) is 0 Å². The Morgan fingerprint density at radius 2 is 1.58 bits per heavy atom. The molecule has 0 saturated heterocycles. The van der Waals surface area contributed by atoms with E-state index in [-0.39, 0.29) is 6.04 Å². The molecule has 0 aliphatic carbocycles. The van der Waals surface area contributed by atoms with Crippen molar-refractivity contribution in [1.82, 2.24) is 4.31 Å². The lowest BCUT2D eigenvalue weighted by atomic mass is 10.1. The summed E-state index contributed by atoms with van der Waals surface area (Å²) in [6.45, 7) is 8.76. The largest absolute Gasteiger partial charge is 0.243 e. The van der Waals surface area contributed by atoms with Gasteiger partial charge in [0.05, 0.1) is 4.90 Å². The third-order valence-electron chi connectivity index (χ3n) is 3.24. The second-order valence-electron chi connectivity index (χ2n) is 5.25. The average molecular weight is 283 g/mol. The summed E-state index contributed by atoms with van der Waals surface area (Å²) in [6.07, 6.45) is 1.69. The molecule has 0 fully saturated rings. The lowest BCUT2D eigenvalue weighted by molar-refractivity contribution is 0.277. The van der Waals surface area contributed by atoms with E-state index < -0.39 is 10.0 Å². The number of hydrogen-bond acceptors (Lipinski definition) is 2. The van der Waals surface area contributed by atoms with Crippen LogP contribution in [0.4, 0.5) is 0 Å². The molecular weight excluding hydrogens is 258 g/mol. The minimum atomic E-state index is -3.39. The maximum Gasteiger partial charge on any atom is 0.243 e. The SMILES string of the molecule is CCC(CC)N(CC(C)C)S(=O)(=O)c1ccccc1. The predicted octanol–water partition coefficient (Wildman–Crippen LogP) is 3.52. The van der Waals surface area contributed by atoms with Crippen LogP contribution >= 0.6 is 0 Å². The standard InChI is InChI=1S/C15H25NO2S/c1-5-14(6-2)16(12-13(3)4)19(17,18)15-10-8-7-9-11-15/h7-11,13-14H,5-6,12H2,1-4H3. The molecule has 1 rings (SSSR count). The topological polar surface area (TPSA) is 37.4 Å². The first-order valence-corrected chi connectivity index (χ1v) is 8.44. The van der Waals surface area contributed by atoms with Crippen molar-refractivity contribution in [2.24, 2.45) is 5.92 Å². The van der Waals surface area contributed by atoms with Crippen LogP contribution in [0, 0.1) is 5.92 Å². The molecule has 19 heavy (non-hydrogen) atoms. The lowest BCUT2D eigenvalue weighted by Gasteiger charge is -2.31. The van der Waals surface area contributed by atoms with Crippen LogP contribution in [0.25, 0.3) is 0 Å². The third-order valence-corrected chi connectivity index (χ3v) is 5.18. The van der Waals surface area contributed by atoms with Crippen LogP contribution in [0.15, 0.2) is 35.2 Å². The molecule has 0 aromatic heterocycles. The summed E-state index contributed by atoms with van der Waals surface area (Å²) < 4.78 is 27.2. The van der Waals surface area contributed by atoms with Gasteiger partial charge in [0.1, 0.15) is 0 Å². The van der Waals surface area contributed by atoms with E-state index in [2.05, 4.69) is 13.8 Å². The summed E-state index contributed by atoms with van der Waals surface area (Å²) in [5.74, 6) is 0.319. The summed E-state index contributed by atoms with van der Waals surface area (Å²) in [5, 5.41) is 0. The molecule has 1 aromatic rings. The summed E-state index contributed by atoms with van der Waals surface area (Å²) in [6, 6.07) is 8.80. The highest BCUT2D eigenvalue weighted by Crippen LogP contribution is 2.22. The fourth-order valence-corrected chi connectivity index (χ4v) is 4.18. The molecule has 0 aliphatic heterocycles. The number of benzene rings is 1. The van der Waals surface area contributed by atoms with Crippen molar-refractivity contribution in [3.05, 3.63) is 30.3 Å². The Hall–Kier alpha value is -0.870. The molecule has 1 aromatic carbocycles. The molecule has 0 radical (unpaired) electrons. The summed E-state index contributed by atoms with van der Waals surface area (Å²) >= 11 is 0. The molecule has 0 unspecified atom stereocenters. The summed E-state index contributed by atoms with van der Waals surface area (Å²) in [5.41, 5.74) is 0. The lowest BCUT2D eigenvalue weighted by Crippen LogP contribution is -2.41. The van der Waals surface area contributed by atoms with Crippen LogP contribution in [-0.4, -0.2) is 25.3 Å². The van der Waals surface area contributed by atoms with E-state index >= 15 is 0 Å².